The van der Waals surface area contributed by atoms with E-state index in [9.17, 15) is 4.79 Å². The van der Waals surface area contributed by atoms with Crippen molar-refractivity contribution in [2.24, 2.45) is 0 Å². The van der Waals surface area contributed by atoms with Gasteiger partial charge in [0.05, 0.1) is 17.7 Å². The molecular weight excluding hydrogens is 428 g/mol. The lowest BCUT2D eigenvalue weighted by atomic mass is 10.0. The van der Waals surface area contributed by atoms with Crippen LogP contribution in [0.15, 0.2) is 29.1 Å². The first-order valence-electron chi connectivity index (χ1n) is 12.7. The summed E-state index contributed by atoms with van der Waals surface area (Å²) < 4.78 is 7.96. The fourth-order valence-corrected chi connectivity index (χ4v) is 4.80. The Labute approximate surface area is 201 Å². The molecule has 0 radical (unpaired) electrons. The first kappa shape index (κ1) is 24.5. The van der Waals surface area contributed by atoms with Crippen molar-refractivity contribution in [3.63, 3.8) is 0 Å². The van der Waals surface area contributed by atoms with Crippen LogP contribution in [0.3, 0.4) is 0 Å². The van der Waals surface area contributed by atoms with Crippen molar-refractivity contribution in [3.05, 3.63) is 51.6 Å². The van der Waals surface area contributed by atoms with E-state index in [0.29, 0.717) is 6.54 Å². The average Bonchev–Trinajstić information content (AvgIpc) is 3.52. The molecule has 4 rings (SSSR count). The second-order valence-electron chi connectivity index (χ2n) is 10.0. The number of nitrogens with one attached hydrogen (secondary N) is 1. The number of tetrazole rings is 1. The highest BCUT2D eigenvalue weighted by molar-refractivity contribution is 5.79. The molecule has 8 heteroatoms. The van der Waals surface area contributed by atoms with Crippen molar-refractivity contribution in [1.82, 2.24) is 30.1 Å². The maximum atomic E-state index is 13.1. The van der Waals surface area contributed by atoms with Gasteiger partial charge in [-0.1, -0.05) is 26.8 Å². The second-order valence-corrected chi connectivity index (χ2v) is 10.0. The number of benzene rings is 1. The van der Waals surface area contributed by atoms with E-state index in [-0.39, 0.29) is 23.2 Å². The Balaban J connectivity index is 1.72. The molecule has 1 saturated heterocycles. The highest BCUT2D eigenvalue weighted by Crippen LogP contribution is 2.30. The molecule has 0 unspecified atom stereocenters. The number of fused-ring (bicyclic) bond motifs is 1. The maximum Gasteiger partial charge on any atom is 0.252 e. The Morgan fingerprint density at radius 1 is 1.26 bits per heavy atom. The Kier molecular flexibility index (Phi) is 7.48. The van der Waals surface area contributed by atoms with E-state index in [4.69, 9.17) is 4.74 Å². The van der Waals surface area contributed by atoms with Crippen LogP contribution in [0.2, 0.25) is 0 Å². The van der Waals surface area contributed by atoms with Gasteiger partial charge in [-0.25, -0.2) is 4.68 Å². The van der Waals surface area contributed by atoms with Gasteiger partial charge in [-0.05, 0) is 85.5 Å². The molecule has 34 heavy (non-hydrogen) atoms. The van der Waals surface area contributed by atoms with Crippen LogP contribution in [0.4, 0.5) is 0 Å². The van der Waals surface area contributed by atoms with E-state index in [2.05, 4.69) is 72.2 Å². The van der Waals surface area contributed by atoms with Gasteiger partial charge in [0.25, 0.3) is 5.56 Å². The Morgan fingerprint density at radius 2 is 2.09 bits per heavy atom. The van der Waals surface area contributed by atoms with Crippen molar-refractivity contribution >= 4 is 10.9 Å². The van der Waals surface area contributed by atoms with Gasteiger partial charge in [-0.2, -0.15) is 0 Å². The molecule has 3 heterocycles. The van der Waals surface area contributed by atoms with Crippen LogP contribution < -0.4 is 5.56 Å². The summed E-state index contributed by atoms with van der Waals surface area (Å²) in [6.07, 6.45) is 4.97. The number of aromatic nitrogens is 5. The van der Waals surface area contributed by atoms with Crippen LogP contribution in [-0.2, 0) is 23.2 Å². The fraction of sp³-hybridized carbons (Fsp3) is 0.615. The number of rotatable bonds is 10. The molecule has 0 saturated carbocycles. The normalized spacial score (nSPS) is 17.6. The summed E-state index contributed by atoms with van der Waals surface area (Å²) in [5, 5.41) is 13.9. The highest BCUT2D eigenvalue weighted by atomic mass is 16.5. The molecule has 1 aliphatic rings. The van der Waals surface area contributed by atoms with Crippen molar-refractivity contribution in [2.45, 2.75) is 91.0 Å². The van der Waals surface area contributed by atoms with E-state index in [1.165, 1.54) is 5.56 Å². The third-order valence-electron chi connectivity index (χ3n) is 7.29. The molecular formula is C26H38N6O2. The molecule has 0 spiro atoms. The monoisotopic (exact) mass is 466 g/mol. The molecule has 0 amide bonds. The largest absolute Gasteiger partial charge is 0.377 e. The molecule has 2 atom stereocenters. The van der Waals surface area contributed by atoms with Crippen molar-refractivity contribution in [3.8, 4) is 0 Å². The number of ether oxygens (including phenoxy) is 1. The first-order valence-corrected chi connectivity index (χ1v) is 12.7. The predicted molar refractivity (Wildman–Crippen MR) is 134 cm³/mol. The lowest BCUT2D eigenvalue weighted by molar-refractivity contribution is 0.0475. The van der Waals surface area contributed by atoms with Gasteiger partial charge >= 0.3 is 0 Å². The van der Waals surface area contributed by atoms with Gasteiger partial charge in [0, 0.05) is 30.8 Å². The predicted octanol–water partition coefficient (Wildman–Crippen LogP) is 4.35. The van der Waals surface area contributed by atoms with Gasteiger partial charge in [0.2, 0.25) is 0 Å². The van der Waals surface area contributed by atoms with E-state index in [0.717, 1.165) is 67.5 Å². The maximum absolute atomic E-state index is 13.1. The lowest BCUT2D eigenvalue weighted by Crippen LogP contribution is -2.39. The highest BCUT2D eigenvalue weighted by Gasteiger charge is 2.32. The Morgan fingerprint density at radius 3 is 2.76 bits per heavy atom. The molecule has 8 nitrogen and oxygen atoms in total. The number of aromatic amines is 1. The van der Waals surface area contributed by atoms with Crippen LogP contribution in [0.25, 0.3) is 10.9 Å². The summed E-state index contributed by atoms with van der Waals surface area (Å²) in [5.41, 5.74) is 2.65. The zero-order valence-electron chi connectivity index (χ0n) is 21.2. The fourth-order valence-electron chi connectivity index (χ4n) is 4.80. The minimum absolute atomic E-state index is 0.0258. The smallest absolute Gasteiger partial charge is 0.252 e. The summed E-state index contributed by atoms with van der Waals surface area (Å²) in [6, 6.07) is 8.26. The standard InChI is InChI=1S/C26H38N6O2/c1-6-18-11-12-22-19(14-18)15-20(25(33)27-22)16-31(17-21-10-9-13-34-21)23(7-2)24-28-29-30-32(24)26(4,5)8-3/h11-12,14-15,21,23H,6-10,13,16-17H2,1-5H3,(H,27,33)/t21-,23+/m0/s1. The number of pyridine rings is 1. The molecule has 1 fully saturated rings. The van der Waals surface area contributed by atoms with Gasteiger partial charge in [-0.15, -0.1) is 5.10 Å². The number of hydrogen-bond donors (Lipinski definition) is 1. The van der Waals surface area contributed by atoms with Crippen LogP contribution in [0.5, 0.6) is 0 Å². The number of aryl methyl sites for hydroxylation is 1. The van der Waals surface area contributed by atoms with Crippen LogP contribution >= 0.6 is 0 Å². The molecule has 0 aliphatic carbocycles. The summed E-state index contributed by atoms with van der Waals surface area (Å²) in [6.45, 7) is 12.8. The molecule has 184 valence electrons. The van der Waals surface area contributed by atoms with Crippen molar-refractivity contribution < 1.29 is 4.74 Å². The number of hydrogen-bond acceptors (Lipinski definition) is 6. The summed E-state index contributed by atoms with van der Waals surface area (Å²) in [7, 11) is 0. The van der Waals surface area contributed by atoms with Crippen LogP contribution in [-0.4, -0.2) is 49.3 Å². The van der Waals surface area contributed by atoms with E-state index < -0.39 is 0 Å². The quantitative estimate of drug-likeness (QED) is 0.478. The molecule has 1 aliphatic heterocycles. The molecule has 1 N–H and O–H groups in total. The third-order valence-corrected chi connectivity index (χ3v) is 7.29. The number of nitrogens with zero attached hydrogens (tertiary/aromatic N) is 5. The van der Waals surface area contributed by atoms with E-state index in [1.807, 2.05) is 16.8 Å². The van der Waals surface area contributed by atoms with E-state index in [1.54, 1.807) is 0 Å². The topological polar surface area (TPSA) is 88.9 Å². The van der Waals surface area contributed by atoms with Crippen LogP contribution in [0.1, 0.15) is 83.3 Å². The zero-order chi connectivity index (χ0) is 24.3. The average molecular weight is 467 g/mol. The summed E-state index contributed by atoms with van der Waals surface area (Å²) in [5.74, 6) is 0.845. The van der Waals surface area contributed by atoms with Gasteiger partial charge in [0.1, 0.15) is 0 Å². The summed E-state index contributed by atoms with van der Waals surface area (Å²) in [4.78, 5) is 18.5. The molecule has 0 bridgehead atoms. The zero-order valence-corrected chi connectivity index (χ0v) is 21.2. The van der Waals surface area contributed by atoms with Crippen molar-refractivity contribution in [1.29, 1.82) is 0 Å². The van der Waals surface area contributed by atoms with Gasteiger partial charge < -0.3 is 9.72 Å². The first-order chi connectivity index (χ1) is 16.4. The molecule has 3 aromatic rings. The summed E-state index contributed by atoms with van der Waals surface area (Å²) >= 11 is 0. The van der Waals surface area contributed by atoms with E-state index >= 15 is 0 Å². The minimum Gasteiger partial charge on any atom is -0.377 e. The van der Waals surface area contributed by atoms with Crippen molar-refractivity contribution in [2.75, 3.05) is 13.2 Å². The molecule has 1 aromatic carbocycles. The molecule has 2 aromatic heterocycles. The Hall–Kier alpha value is -2.58. The SMILES string of the molecule is CCc1ccc2[nH]c(=O)c(CN(C[C@@H]3CCCO3)[C@H](CC)c3nnnn3C(C)(C)CC)cc2c1. The van der Waals surface area contributed by atoms with Gasteiger partial charge in [0.15, 0.2) is 5.82 Å². The Bertz CT molecular complexity index is 1160. The van der Waals surface area contributed by atoms with Crippen LogP contribution in [0, 0.1) is 0 Å². The van der Waals surface area contributed by atoms with Gasteiger partial charge in [-0.3, -0.25) is 9.69 Å². The third kappa shape index (κ3) is 5.08. The second kappa shape index (κ2) is 10.4. The lowest BCUT2D eigenvalue weighted by Gasteiger charge is -2.34. The minimum atomic E-state index is -0.196. The number of H-pyrrole nitrogens is 1.